The third-order valence-electron chi connectivity index (χ3n) is 4.35. The largest absolute Gasteiger partial charge is 0.354 e. The summed E-state index contributed by atoms with van der Waals surface area (Å²) in [5.74, 6) is 2.36. The first-order valence-electron chi connectivity index (χ1n) is 9.23. The highest BCUT2D eigenvalue weighted by Gasteiger charge is 2.19. The fourth-order valence-corrected chi connectivity index (χ4v) is 3.60. The van der Waals surface area contributed by atoms with Crippen molar-refractivity contribution in [2.45, 2.75) is 26.8 Å². The lowest BCUT2D eigenvalue weighted by molar-refractivity contribution is 0.255. The van der Waals surface area contributed by atoms with Gasteiger partial charge >= 0.3 is 0 Å². The van der Waals surface area contributed by atoms with E-state index in [1.165, 1.54) is 11.3 Å². The molecule has 2 aromatic heterocycles. The fraction of sp³-hybridized carbons (Fsp3) is 0.556. The van der Waals surface area contributed by atoms with Crippen LogP contribution < -0.4 is 15.5 Å². The lowest BCUT2D eigenvalue weighted by Gasteiger charge is -2.35. The lowest BCUT2D eigenvalue weighted by atomic mass is 10.3. The van der Waals surface area contributed by atoms with Crippen LogP contribution in [0.15, 0.2) is 12.3 Å². The molecule has 1 saturated heterocycles. The summed E-state index contributed by atoms with van der Waals surface area (Å²) in [6.45, 7) is 12.3. The van der Waals surface area contributed by atoms with E-state index < -0.39 is 0 Å². The van der Waals surface area contributed by atoms with E-state index in [4.69, 9.17) is 5.26 Å². The Morgan fingerprint density at radius 1 is 1.26 bits per heavy atom. The Morgan fingerprint density at radius 3 is 2.70 bits per heavy atom. The summed E-state index contributed by atoms with van der Waals surface area (Å²) in [6.07, 6.45) is 1.56. The number of aromatic nitrogens is 3. The zero-order chi connectivity index (χ0) is 19.2. The summed E-state index contributed by atoms with van der Waals surface area (Å²) in [7, 11) is 0. The number of piperazine rings is 1. The second-order valence-corrected chi connectivity index (χ2v) is 7.89. The van der Waals surface area contributed by atoms with Gasteiger partial charge in [0.15, 0.2) is 5.13 Å². The number of anilines is 3. The van der Waals surface area contributed by atoms with Gasteiger partial charge in [-0.05, 0) is 6.92 Å². The maximum Gasteiger partial charge on any atom is 0.189 e. The van der Waals surface area contributed by atoms with E-state index in [-0.39, 0.29) is 0 Å². The minimum Gasteiger partial charge on any atom is -0.354 e. The van der Waals surface area contributed by atoms with Gasteiger partial charge in [-0.2, -0.15) is 5.26 Å². The quantitative estimate of drug-likeness (QED) is 0.746. The van der Waals surface area contributed by atoms with Crippen molar-refractivity contribution in [3.8, 4) is 6.07 Å². The molecular weight excluding hydrogens is 360 g/mol. The third kappa shape index (κ3) is 5.60. The van der Waals surface area contributed by atoms with Gasteiger partial charge in [-0.25, -0.2) is 15.0 Å². The van der Waals surface area contributed by atoms with Crippen LogP contribution in [-0.2, 0) is 0 Å². The minimum absolute atomic E-state index is 0.531. The van der Waals surface area contributed by atoms with Crippen molar-refractivity contribution in [2.24, 2.45) is 0 Å². The maximum atomic E-state index is 8.93. The number of nitrogens with zero attached hydrogens (tertiary/aromatic N) is 6. The first-order chi connectivity index (χ1) is 13.0. The number of nitriles is 1. The molecule has 1 aliphatic rings. The predicted octanol–water partition coefficient (Wildman–Crippen LogP) is 1.98. The van der Waals surface area contributed by atoms with Crippen LogP contribution in [0.1, 0.15) is 24.5 Å². The van der Waals surface area contributed by atoms with Crippen molar-refractivity contribution in [3.05, 3.63) is 23.0 Å². The molecule has 0 aromatic carbocycles. The van der Waals surface area contributed by atoms with Gasteiger partial charge in [0.1, 0.15) is 28.4 Å². The van der Waals surface area contributed by atoms with E-state index in [0.29, 0.717) is 21.9 Å². The second kappa shape index (κ2) is 9.08. The highest BCUT2D eigenvalue weighted by molar-refractivity contribution is 7.16. The highest BCUT2D eigenvalue weighted by atomic mass is 32.1. The Kier molecular flexibility index (Phi) is 6.55. The minimum atomic E-state index is 0.531. The van der Waals surface area contributed by atoms with E-state index >= 15 is 0 Å². The van der Waals surface area contributed by atoms with Gasteiger partial charge in [0.25, 0.3) is 0 Å². The van der Waals surface area contributed by atoms with Crippen LogP contribution >= 0.6 is 11.3 Å². The van der Waals surface area contributed by atoms with Gasteiger partial charge in [0.05, 0.1) is 6.20 Å². The van der Waals surface area contributed by atoms with Crippen LogP contribution in [0.5, 0.6) is 0 Å². The summed E-state index contributed by atoms with van der Waals surface area (Å²) < 4.78 is 0. The number of nitrogens with one attached hydrogen (secondary N) is 2. The van der Waals surface area contributed by atoms with E-state index in [1.807, 2.05) is 13.0 Å². The highest BCUT2D eigenvalue weighted by Crippen LogP contribution is 2.23. The summed E-state index contributed by atoms with van der Waals surface area (Å²) in [4.78, 5) is 18.6. The maximum absolute atomic E-state index is 8.93. The molecule has 0 bridgehead atoms. The molecule has 27 heavy (non-hydrogen) atoms. The average Bonchev–Trinajstić information content (AvgIpc) is 3.09. The smallest absolute Gasteiger partial charge is 0.189 e. The number of rotatable bonds is 7. The number of thiazole rings is 1. The molecule has 144 valence electrons. The molecule has 9 heteroatoms. The van der Waals surface area contributed by atoms with Crippen LogP contribution in [0.2, 0.25) is 0 Å². The Labute approximate surface area is 164 Å². The molecular formula is C18H26N8S. The van der Waals surface area contributed by atoms with Gasteiger partial charge in [-0.3, -0.25) is 4.90 Å². The molecule has 0 saturated carbocycles. The Morgan fingerprint density at radius 2 is 2.04 bits per heavy atom. The van der Waals surface area contributed by atoms with Gasteiger partial charge in [-0.15, -0.1) is 0 Å². The number of hydrogen-bond donors (Lipinski definition) is 2. The van der Waals surface area contributed by atoms with Gasteiger partial charge in [0, 0.05) is 51.4 Å². The molecule has 3 rings (SSSR count). The lowest BCUT2D eigenvalue weighted by Crippen LogP contribution is -2.48. The van der Waals surface area contributed by atoms with Crippen molar-refractivity contribution < 1.29 is 0 Å². The van der Waals surface area contributed by atoms with Crippen LogP contribution in [0, 0.1) is 18.3 Å². The van der Waals surface area contributed by atoms with E-state index in [0.717, 1.165) is 50.9 Å². The monoisotopic (exact) mass is 386 g/mol. The van der Waals surface area contributed by atoms with Crippen molar-refractivity contribution >= 4 is 28.1 Å². The molecule has 8 nitrogen and oxygen atoms in total. The second-order valence-electron chi connectivity index (χ2n) is 6.86. The number of hydrogen-bond acceptors (Lipinski definition) is 9. The Bertz CT molecular complexity index is 789. The van der Waals surface area contributed by atoms with E-state index in [2.05, 4.69) is 55.3 Å². The molecule has 0 amide bonds. The first-order valence-corrected chi connectivity index (χ1v) is 10.0. The standard InChI is InChI=1S/C18H26N8S/c1-13(2)20-4-5-25-6-8-26(9-7-25)17-10-16(22-14(3)23-17)24-18-21-12-15(11-19)27-18/h10,12-13,20H,4-9H2,1-3H3,(H,21,22,23,24). The van der Waals surface area contributed by atoms with E-state index in [9.17, 15) is 0 Å². The molecule has 1 aliphatic heterocycles. The summed E-state index contributed by atoms with van der Waals surface area (Å²) >= 11 is 1.31. The third-order valence-corrected chi connectivity index (χ3v) is 5.17. The molecule has 3 heterocycles. The molecule has 2 aromatic rings. The van der Waals surface area contributed by atoms with Gasteiger partial charge < -0.3 is 15.5 Å². The average molecular weight is 387 g/mol. The number of aryl methyl sites for hydroxylation is 1. The van der Waals surface area contributed by atoms with Crippen molar-refractivity contribution in [1.82, 2.24) is 25.2 Å². The molecule has 1 fully saturated rings. The molecule has 2 N–H and O–H groups in total. The topological polar surface area (TPSA) is 93.0 Å². The van der Waals surface area contributed by atoms with Gasteiger partial charge in [-0.1, -0.05) is 25.2 Å². The zero-order valence-electron chi connectivity index (χ0n) is 16.1. The fourth-order valence-electron chi connectivity index (χ4n) is 2.98. The summed E-state index contributed by atoms with van der Waals surface area (Å²) in [5, 5.41) is 16.3. The van der Waals surface area contributed by atoms with Crippen molar-refractivity contribution in [2.75, 3.05) is 49.5 Å². The molecule has 0 spiro atoms. The molecule has 0 aliphatic carbocycles. The first kappa shape index (κ1) is 19.5. The van der Waals surface area contributed by atoms with Crippen molar-refractivity contribution in [3.63, 3.8) is 0 Å². The molecule has 0 atom stereocenters. The van der Waals surface area contributed by atoms with Crippen LogP contribution in [0.3, 0.4) is 0 Å². The van der Waals surface area contributed by atoms with Crippen LogP contribution in [0.25, 0.3) is 0 Å². The summed E-state index contributed by atoms with van der Waals surface area (Å²) in [6, 6.07) is 4.58. The zero-order valence-corrected chi connectivity index (χ0v) is 16.9. The van der Waals surface area contributed by atoms with Crippen LogP contribution in [-0.4, -0.2) is 65.2 Å². The van der Waals surface area contributed by atoms with E-state index in [1.54, 1.807) is 6.20 Å². The Balaban J connectivity index is 1.59. The van der Waals surface area contributed by atoms with Crippen molar-refractivity contribution in [1.29, 1.82) is 5.26 Å². The summed E-state index contributed by atoms with van der Waals surface area (Å²) in [5.41, 5.74) is 0. The van der Waals surface area contributed by atoms with Crippen LogP contribution in [0.4, 0.5) is 16.8 Å². The van der Waals surface area contributed by atoms with Gasteiger partial charge in [0.2, 0.25) is 0 Å². The SMILES string of the molecule is Cc1nc(Nc2ncc(C#N)s2)cc(N2CCN(CCNC(C)C)CC2)n1. The molecule has 0 unspecified atom stereocenters. The normalized spacial score (nSPS) is 15.1. The Hall–Kier alpha value is -2.28. The molecule has 0 radical (unpaired) electrons. The predicted molar refractivity (Wildman–Crippen MR) is 109 cm³/mol.